The van der Waals surface area contributed by atoms with Crippen LogP contribution in [0.15, 0.2) is 113 Å². The first-order chi connectivity index (χ1) is 21.3. The smallest absolute Gasteiger partial charge is 0.265 e. The molecule has 220 valence electrons. The van der Waals surface area contributed by atoms with Crippen molar-refractivity contribution in [2.24, 2.45) is 0 Å². The highest BCUT2D eigenvalue weighted by molar-refractivity contribution is 7.89. The van der Waals surface area contributed by atoms with Crippen LogP contribution in [0.25, 0.3) is 11.3 Å². The molecule has 1 atom stereocenters. The van der Waals surface area contributed by atoms with Crippen molar-refractivity contribution in [3.8, 4) is 29.4 Å². The van der Waals surface area contributed by atoms with E-state index in [0.29, 0.717) is 28.0 Å². The summed E-state index contributed by atoms with van der Waals surface area (Å²) >= 11 is 0. The van der Waals surface area contributed by atoms with Crippen molar-refractivity contribution in [3.05, 3.63) is 130 Å². The fourth-order valence-electron chi connectivity index (χ4n) is 5.39. The molecule has 4 aromatic carbocycles. The molecular formula is C35H29N3O5S. The minimum absolute atomic E-state index is 0.00453. The summed E-state index contributed by atoms with van der Waals surface area (Å²) in [5.41, 5.74) is 2.87. The monoisotopic (exact) mass is 603 g/mol. The number of benzene rings is 4. The molecule has 0 saturated carbocycles. The molecule has 1 aliphatic rings. The Morgan fingerprint density at radius 2 is 1.30 bits per heavy atom. The second-order valence-corrected chi connectivity index (χ2v) is 11.8. The standard InChI is InChI=1S/C35H29N3O5S/c1-23-15-17-27(18-16-23)44(39,40)38-33(25-13-9-6-10-14-25)28(21-36)32(24-11-7-5-8-12-24)29(22-37)34(38)26-19-30(41-2)35(43-4)31(20-26)42-3/h5-20,33H,1-4H3. The zero-order valence-corrected chi connectivity index (χ0v) is 25.4. The summed E-state index contributed by atoms with van der Waals surface area (Å²) in [5.74, 6) is 0.844. The van der Waals surface area contributed by atoms with Crippen molar-refractivity contribution in [2.45, 2.75) is 17.9 Å². The summed E-state index contributed by atoms with van der Waals surface area (Å²) in [6.45, 7) is 1.86. The van der Waals surface area contributed by atoms with E-state index in [1.807, 2.05) is 19.1 Å². The van der Waals surface area contributed by atoms with Crippen LogP contribution in [0.5, 0.6) is 17.2 Å². The predicted molar refractivity (Wildman–Crippen MR) is 167 cm³/mol. The Kier molecular flexibility index (Phi) is 8.43. The normalized spacial score (nSPS) is 15.0. The number of aryl methyl sites for hydroxylation is 1. The van der Waals surface area contributed by atoms with Crippen molar-refractivity contribution < 1.29 is 22.6 Å². The number of allylic oxidation sites excluding steroid dienone is 2. The van der Waals surface area contributed by atoms with Gasteiger partial charge in [-0.15, -0.1) is 0 Å². The fourth-order valence-corrected chi connectivity index (χ4v) is 7.04. The van der Waals surface area contributed by atoms with Gasteiger partial charge in [0, 0.05) is 11.1 Å². The maximum atomic E-state index is 14.8. The van der Waals surface area contributed by atoms with E-state index < -0.39 is 16.1 Å². The highest BCUT2D eigenvalue weighted by Gasteiger charge is 2.44. The third-order valence-corrected chi connectivity index (χ3v) is 9.19. The van der Waals surface area contributed by atoms with Gasteiger partial charge in [-0.1, -0.05) is 78.4 Å². The number of sulfonamides is 1. The van der Waals surface area contributed by atoms with E-state index in [1.54, 1.807) is 72.8 Å². The maximum Gasteiger partial charge on any atom is 0.265 e. The van der Waals surface area contributed by atoms with Gasteiger partial charge in [0.15, 0.2) is 11.5 Å². The van der Waals surface area contributed by atoms with Gasteiger partial charge in [-0.25, -0.2) is 8.42 Å². The van der Waals surface area contributed by atoms with Gasteiger partial charge in [-0.3, -0.25) is 4.31 Å². The minimum Gasteiger partial charge on any atom is -0.493 e. The van der Waals surface area contributed by atoms with Gasteiger partial charge in [0.2, 0.25) is 5.75 Å². The first kappa shape index (κ1) is 30.0. The molecule has 8 nitrogen and oxygen atoms in total. The van der Waals surface area contributed by atoms with E-state index >= 15 is 0 Å². The Bertz CT molecular complexity index is 1930. The van der Waals surface area contributed by atoms with Gasteiger partial charge >= 0.3 is 0 Å². The molecule has 4 aromatic rings. The van der Waals surface area contributed by atoms with Crippen LogP contribution >= 0.6 is 0 Å². The highest BCUT2D eigenvalue weighted by atomic mass is 32.2. The van der Waals surface area contributed by atoms with Crippen molar-refractivity contribution >= 4 is 21.3 Å². The molecule has 0 radical (unpaired) electrons. The van der Waals surface area contributed by atoms with E-state index in [0.717, 1.165) is 5.56 Å². The maximum absolute atomic E-state index is 14.8. The zero-order valence-electron chi connectivity index (χ0n) is 24.6. The number of hydrogen-bond donors (Lipinski definition) is 0. The van der Waals surface area contributed by atoms with Gasteiger partial charge < -0.3 is 14.2 Å². The third kappa shape index (κ3) is 5.15. The Balaban J connectivity index is 1.99. The number of methoxy groups -OCH3 is 3. The molecule has 0 N–H and O–H groups in total. The van der Waals surface area contributed by atoms with E-state index in [1.165, 1.54) is 37.8 Å². The van der Waals surface area contributed by atoms with E-state index in [2.05, 4.69) is 12.1 Å². The van der Waals surface area contributed by atoms with Crippen LogP contribution < -0.4 is 14.2 Å². The zero-order chi connectivity index (χ0) is 31.4. The van der Waals surface area contributed by atoms with E-state index in [4.69, 9.17) is 14.2 Å². The molecule has 5 rings (SSSR count). The van der Waals surface area contributed by atoms with Crippen molar-refractivity contribution in [2.75, 3.05) is 21.3 Å². The number of rotatable bonds is 8. The average Bonchev–Trinajstić information content (AvgIpc) is 3.07. The number of nitriles is 2. The Labute approximate surface area is 257 Å². The van der Waals surface area contributed by atoms with Crippen LogP contribution in [0.1, 0.15) is 28.3 Å². The molecule has 0 aromatic heterocycles. The molecule has 0 spiro atoms. The predicted octanol–water partition coefficient (Wildman–Crippen LogP) is 6.68. The quantitative estimate of drug-likeness (QED) is 0.221. The summed E-state index contributed by atoms with van der Waals surface area (Å²) in [5, 5.41) is 21.5. The van der Waals surface area contributed by atoms with E-state index in [-0.39, 0.29) is 33.2 Å². The lowest BCUT2D eigenvalue weighted by molar-refractivity contribution is 0.324. The molecule has 1 aliphatic heterocycles. The van der Waals surface area contributed by atoms with E-state index in [9.17, 15) is 18.9 Å². The lowest BCUT2D eigenvalue weighted by Crippen LogP contribution is -2.38. The van der Waals surface area contributed by atoms with Crippen LogP contribution in [0.3, 0.4) is 0 Å². The van der Waals surface area contributed by atoms with Gasteiger partial charge in [0.05, 0.1) is 49.1 Å². The Morgan fingerprint density at radius 1 is 0.727 bits per heavy atom. The summed E-state index contributed by atoms with van der Waals surface area (Å²) in [4.78, 5) is 0.00622. The highest BCUT2D eigenvalue weighted by Crippen LogP contribution is 2.51. The van der Waals surface area contributed by atoms with Crippen LogP contribution in [0.4, 0.5) is 0 Å². The minimum atomic E-state index is -4.39. The second kappa shape index (κ2) is 12.4. The molecule has 44 heavy (non-hydrogen) atoms. The van der Waals surface area contributed by atoms with Crippen LogP contribution in [0, 0.1) is 29.6 Å². The lowest BCUT2D eigenvalue weighted by atomic mass is 9.82. The summed E-state index contributed by atoms with van der Waals surface area (Å²) in [6.07, 6.45) is 0. The number of ether oxygens (including phenoxy) is 3. The van der Waals surface area contributed by atoms with Crippen molar-refractivity contribution in [3.63, 3.8) is 0 Å². The third-order valence-electron chi connectivity index (χ3n) is 7.41. The molecule has 1 heterocycles. The SMILES string of the molecule is COc1cc(C2=C(C#N)C(c3ccccc3)=C(C#N)C(c3ccccc3)N2S(=O)(=O)c2ccc(C)cc2)cc(OC)c1OC. The number of hydrogen-bond acceptors (Lipinski definition) is 7. The fraction of sp³-hybridized carbons (Fsp3) is 0.143. The molecule has 1 unspecified atom stereocenters. The average molecular weight is 604 g/mol. The molecule has 0 saturated heterocycles. The molecule has 9 heteroatoms. The summed E-state index contributed by atoms with van der Waals surface area (Å²) in [6, 6.07) is 31.0. The second-order valence-electron chi connectivity index (χ2n) is 9.94. The van der Waals surface area contributed by atoms with Crippen molar-refractivity contribution in [1.82, 2.24) is 4.31 Å². The molecule has 0 aliphatic carbocycles. The van der Waals surface area contributed by atoms with Crippen LogP contribution in [0.2, 0.25) is 0 Å². The van der Waals surface area contributed by atoms with Gasteiger partial charge in [-0.2, -0.15) is 10.5 Å². The summed E-state index contributed by atoms with van der Waals surface area (Å²) in [7, 11) is -0.0127. The van der Waals surface area contributed by atoms with Gasteiger partial charge in [0.25, 0.3) is 10.0 Å². The number of nitrogens with zero attached hydrogens (tertiary/aromatic N) is 3. The largest absolute Gasteiger partial charge is 0.493 e. The molecule has 0 amide bonds. The Hall–Kier alpha value is -5.51. The molecule has 0 fully saturated rings. The molecule has 0 bridgehead atoms. The first-order valence-electron chi connectivity index (χ1n) is 13.6. The summed E-state index contributed by atoms with van der Waals surface area (Å²) < 4.78 is 47.6. The van der Waals surface area contributed by atoms with Crippen LogP contribution in [-0.4, -0.2) is 34.1 Å². The Morgan fingerprint density at radius 3 is 1.80 bits per heavy atom. The lowest BCUT2D eigenvalue weighted by Gasteiger charge is -2.39. The topological polar surface area (TPSA) is 113 Å². The first-order valence-corrected chi connectivity index (χ1v) is 15.1. The van der Waals surface area contributed by atoms with Gasteiger partial charge in [0.1, 0.15) is 12.1 Å². The van der Waals surface area contributed by atoms with Gasteiger partial charge in [-0.05, 0) is 42.3 Å². The van der Waals surface area contributed by atoms with Crippen LogP contribution in [-0.2, 0) is 10.0 Å². The molecular weight excluding hydrogens is 574 g/mol. The van der Waals surface area contributed by atoms with Crippen molar-refractivity contribution in [1.29, 1.82) is 10.5 Å².